The molecule has 7 heteroatoms. The highest BCUT2D eigenvalue weighted by atomic mass is 16.2. The van der Waals surface area contributed by atoms with Crippen LogP contribution >= 0.6 is 0 Å². The number of nitrogens with zero attached hydrogens (tertiary/aromatic N) is 2. The molecular formula is C18H20N4O3. The lowest BCUT2D eigenvalue weighted by atomic mass is 10.1. The third-order valence-electron chi connectivity index (χ3n) is 4.10. The maximum atomic E-state index is 12.1. The second-order valence-electron chi connectivity index (χ2n) is 6.58. The van der Waals surface area contributed by atoms with Gasteiger partial charge in [0.2, 0.25) is 5.91 Å². The summed E-state index contributed by atoms with van der Waals surface area (Å²) in [6.07, 6.45) is 2.23. The number of pyridine rings is 1. The van der Waals surface area contributed by atoms with Gasteiger partial charge in [-0.05, 0) is 32.4 Å². The number of rotatable bonds is 5. The van der Waals surface area contributed by atoms with Crippen molar-refractivity contribution in [3.05, 3.63) is 36.5 Å². The maximum absolute atomic E-state index is 12.1. The second-order valence-corrected chi connectivity index (χ2v) is 6.58. The molecule has 1 fully saturated rings. The third-order valence-corrected chi connectivity index (χ3v) is 4.10. The predicted octanol–water partition coefficient (Wildman–Crippen LogP) is 2.28. The fourth-order valence-electron chi connectivity index (χ4n) is 2.78. The minimum atomic E-state index is -0.879. The summed E-state index contributed by atoms with van der Waals surface area (Å²) in [5.41, 5.74) is 0.609. The van der Waals surface area contributed by atoms with Crippen LogP contribution in [0.2, 0.25) is 0 Å². The normalized spacial score (nSPS) is 16.2. The number of carbonyl (C=O) groups excluding carboxylic acids is 3. The van der Waals surface area contributed by atoms with Crippen molar-refractivity contribution in [1.29, 1.82) is 0 Å². The molecule has 4 amide bonds. The van der Waals surface area contributed by atoms with Crippen LogP contribution in [0.3, 0.4) is 0 Å². The molecule has 2 N–H and O–H groups in total. The SMILES string of the molecule is CC1(C)NC(=O)N(CCCC(=O)Nc2cnc3ccccc3c2)C1=O. The molecule has 130 valence electrons. The molecule has 0 atom stereocenters. The Hall–Kier alpha value is -2.96. The number of fused-ring (bicyclic) bond motifs is 1. The molecule has 1 aromatic heterocycles. The van der Waals surface area contributed by atoms with Gasteiger partial charge in [0.15, 0.2) is 0 Å². The first-order valence-corrected chi connectivity index (χ1v) is 8.15. The quantitative estimate of drug-likeness (QED) is 0.817. The van der Waals surface area contributed by atoms with Crippen molar-refractivity contribution in [3.63, 3.8) is 0 Å². The number of aromatic nitrogens is 1. The summed E-state index contributed by atoms with van der Waals surface area (Å²) in [6.45, 7) is 3.54. The van der Waals surface area contributed by atoms with Gasteiger partial charge in [-0.2, -0.15) is 0 Å². The summed E-state index contributed by atoms with van der Waals surface area (Å²) in [5, 5.41) is 6.36. The molecule has 0 radical (unpaired) electrons. The molecule has 0 bridgehead atoms. The topological polar surface area (TPSA) is 91.4 Å². The number of nitrogens with one attached hydrogen (secondary N) is 2. The highest BCUT2D eigenvalue weighted by molar-refractivity contribution is 6.06. The third kappa shape index (κ3) is 3.60. The van der Waals surface area contributed by atoms with Crippen LogP contribution in [0.25, 0.3) is 10.9 Å². The lowest BCUT2D eigenvalue weighted by molar-refractivity contribution is -0.130. The lowest BCUT2D eigenvalue weighted by Crippen LogP contribution is -2.40. The van der Waals surface area contributed by atoms with Crippen LogP contribution in [0.4, 0.5) is 10.5 Å². The Morgan fingerprint density at radius 3 is 2.76 bits per heavy atom. The van der Waals surface area contributed by atoms with Gasteiger partial charge >= 0.3 is 6.03 Å². The standard InChI is InChI=1S/C18H20N4O3/c1-18(2)16(24)22(17(25)21-18)9-5-8-15(23)20-13-10-12-6-3-4-7-14(12)19-11-13/h3-4,6-7,10-11H,5,8-9H2,1-2H3,(H,20,23)(H,21,25). The van der Waals surface area contributed by atoms with E-state index in [1.54, 1.807) is 20.0 Å². The average Bonchev–Trinajstić information content (AvgIpc) is 2.76. The molecular weight excluding hydrogens is 320 g/mol. The number of carbonyl (C=O) groups is 3. The molecule has 0 unspecified atom stereocenters. The summed E-state index contributed by atoms with van der Waals surface area (Å²) in [4.78, 5) is 41.4. The molecule has 0 aliphatic carbocycles. The van der Waals surface area contributed by atoms with Crippen molar-refractivity contribution in [2.45, 2.75) is 32.2 Å². The van der Waals surface area contributed by atoms with E-state index >= 15 is 0 Å². The minimum Gasteiger partial charge on any atom is -0.325 e. The van der Waals surface area contributed by atoms with E-state index in [-0.39, 0.29) is 24.8 Å². The van der Waals surface area contributed by atoms with Crippen molar-refractivity contribution in [2.24, 2.45) is 0 Å². The van der Waals surface area contributed by atoms with Gasteiger partial charge in [-0.25, -0.2) is 4.79 Å². The number of amides is 4. The van der Waals surface area contributed by atoms with Gasteiger partial charge < -0.3 is 10.6 Å². The summed E-state index contributed by atoms with van der Waals surface area (Å²) in [6, 6.07) is 9.10. The fraction of sp³-hybridized carbons (Fsp3) is 0.333. The Kier molecular flexibility index (Phi) is 4.39. The Balaban J connectivity index is 1.53. The zero-order valence-corrected chi connectivity index (χ0v) is 14.2. The van der Waals surface area contributed by atoms with Gasteiger partial charge in [-0.3, -0.25) is 19.5 Å². The number of hydrogen-bond acceptors (Lipinski definition) is 4. The molecule has 2 heterocycles. The summed E-state index contributed by atoms with van der Waals surface area (Å²) in [5.74, 6) is -0.444. The van der Waals surface area contributed by atoms with E-state index in [1.165, 1.54) is 0 Å². The van der Waals surface area contributed by atoms with E-state index in [1.807, 2.05) is 30.3 Å². The van der Waals surface area contributed by atoms with Crippen molar-refractivity contribution in [2.75, 3.05) is 11.9 Å². The molecule has 7 nitrogen and oxygen atoms in total. The van der Waals surface area contributed by atoms with Crippen molar-refractivity contribution >= 4 is 34.4 Å². The van der Waals surface area contributed by atoms with Crippen molar-refractivity contribution in [1.82, 2.24) is 15.2 Å². The van der Waals surface area contributed by atoms with E-state index in [0.29, 0.717) is 12.1 Å². The largest absolute Gasteiger partial charge is 0.325 e. The number of anilines is 1. The molecule has 0 spiro atoms. The highest BCUT2D eigenvalue weighted by Crippen LogP contribution is 2.18. The van der Waals surface area contributed by atoms with Crippen LogP contribution in [-0.4, -0.2) is 39.8 Å². The van der Waals surface area contributed by atoms with Gasteiger partial charge in [0, 0.05) is 18.4 Å². The second kappa shape index (κ2) is 6.51. The van der Waals surface area contributed by atoms with Gasteiger partial charge in [-0.15, -0.1) is 0 Å². The molecule has 1 aliphatic rings. The monoisotopic (exact) mass is 340 g/mol. The van der Waals surface area contributed by atoms with E-state index in [0.717, 1.165) is 15.8 Å². The molecule has 1 aliphatic heterocycles. The first-order valence-electron chi connectivity index (χ1n) is 8.15. The number of urea groups is 1. The summed E-state index contributed by atoms with van der Waals surface area (Å²) < 4.78 is 0. The summed E-state index contributed by atoms with van der Waals surface area (Å²) in [7, 11) is 0. The highest BCUT2D eigenvalue weighted by Gasteiger charge is 2.43. The number of para-hydroxylation sites is 1. The van der Waals surface area contributed by atoms with Crippen LogP contribution in [0, 0.1) is 0 Å². The predicted molar refractivity (Wildman–Crippen MR) is 93.9 cm³/mol. The summed E-state index contributed by atoms with van der Waals surface area (Å²) >= 11 is 0. The van der Waals surface area contributed by atoms with Gasteiger partial charge in [0.05, 0.1) is 17.4 Å². The molecule has 0 saturated carbocycles. The maximum Gasteiger partial charge on any atom is 0.325 e. The van der Waals surface area contributed by atoms with Crippen LogP contribution < -0.4 is 10.6 Å². The Bertz CT molecular complexity index is 847. The van der Waals surface area contributed by atoms with Crippen molar-refractivity contribution in [3.8, 4) is 0 Å². The molecule has 3 rings (SSSR count). The number of imide groups is 1. The van der Waals surface area contributed by atoms with Crippen molar-refractivity contribution < 1.29 is 14.4 Å². The first-order chi connectivity index (χ1) is 11.9. The smallest absolute Gasteiger partial charge is 0.325 e. The molecule has 25 heavy (non-hydrogen) atoms. The Labute approximate surface area is 145 Å². The zero-order chi connectivity index (χ0) is 18.0. The van der Waals surface area contributed by atoms with E-state index in [4.69, 9.17) is 0 Å². The number of hydrogen-bond donors (Lipinski definition) is 2. The number of benzene rings is 1. The van der Waals surface area contributed by atoms with Gasteiger partial charge in [0.1, 0.15) is 5.54 Å². The molecule has 1 saturated heterocycles. The van der Waals surface area contributed by atoms with E-state index in [9.17, 15) is 14.4 Å². The first kappa shape index (κ1) is 16.9. The lowest BCUT2D eigenvalue weighted by Gasteiger charge is -2.15. The fourth-order valence-corrected chi connectivity index (χ4v) is 2.78. The van der Waals surface area contributed by atoms with Crippen LogP contribution in [0.1, 0.15) is 26.7 Å². The average molecular weight is 340 g/mol. The van der Waals surface area contributed by atoms with E-state index < -0.39 is 11.6 Å². The van der Waals surface area contributed by atoms with Crippen LogP contribution in [0.5, 0.6) is 0 Å². The molecule has 1 aromatic carbocycles. The Morgan fingerprint density at radius 2 is 2.04 bits per heavy atom. The van der Waals surface area contributed by atoms with E-state index in [2.05, 4.69) is 15.6 Å². The minimum absolute atomic E-state index is 0.177. The van der Waals surface area contributed by atoms with Crippen LogP contribution in [0.15, 0.2) is 36.5 Å². The van der Waals surface area contributed by atoms with Crippen LogP contribution in [-0.2, 0) is 9.59 Å². The van der Waals surface area contributed by atoms with Gasteiger partial charge in [0.25, 0.3) is 5.91 Å². The zero-order valence-electron chi connectivity index (χ0n) is 14.2. The molecule has 2 aromatic rings. The Morgan fingerprint density at radius 1 is 1.28 bits per heavy atom. The van der Waals surface area contributed by atoms with Gasteiger partial charge in [-0.1, -0.05) is 18.2 Å².